The number of fused-ring (bicyclic) bond motifs is 3. The summed E-state index contributed by atoms with van der Waals surface area (Å²) in [4.78, 5) is 0. The third kappa shape index (κ3) is 10.1. The number of aryl methyl sites for hydroxylation is 2. The van der Waals surface area contributed by atoms with Gasteiger partial charge in [-0.2, -0.15) is 18.2 Å². The zero-order valence-corrected chi connectivity index (χ0v) is 35.7. The number of hydrogen-bond acceptors (Lipinski definition) is 0. The van der Waals surface area contributed by atoms with E-state index >= 15 is 0 Å². The van der Waals surface area contributed by atoms with Gasteiger partial charge in [0.1, 0.15) is 0 Å². The Hall–Kier alpha value is -3.36. The third-order valence-electron chi connectivity index (χ3n) is 8.99. The van der Waals surface area contributed by atoms with Crippen molar-refractivity contribution in [2.45, 2.75) is 66.2 Å². The third-order valence-corrected chi connectivity index (χ3v) is 11.1. The average Bonchev–Trinajstić information content (AvgIpc) is 3.73. The van der Waals surface area contributed by atoms with Gasteiger partial charge in [0.05, 0.1) is 0 Å². The minimum atomic E-state index is 0. The normalized spacial score (nSPS) is 11.0. The van der Waals surface area contributed by atoms with Crippen LogP contribution in [0.1, 0.15) is 74.9 Å². The molecule has 256 valence electrons. The van der Waals surface area contributed by atoms with E-state index in [2.05, 4.69) is 201 Å². The summed E-state index contributed by atoms with van der Waals surface area (Å²) in [7, 11) is 0. The van der Waals surface area contributed by atoms with Gasteiger partial charge in [0.2, 0.25) is 0 Å². The molecular formula is C47H48Cl2Hf-2. The minimum absolute atomic E-state index is 0. The molecule has 0 aliphatic carbocycles. The van der Waals surface area contributed by atoms with Gasteiger partial charge < -0.3 is 24.8 Å². The standard InChI is InChI=1S/C21H25.C13H13.C13H10.2ClH.Hf/c1-20(2,3)16-7-9-18-14(12-16)11-15-13-17(21(4,5)6)8-10-19(15)18;1-10-6-5-7-11(2)13(10)12-8-3-4-9-12;1-3-7-12(8-4-1)11-13-9-5-2-6-10-13;;;/h7-13H,1-6H3;3-9H,1-2H3;1-10H;2*1H;/q2*-1;;;;+2/p-2. The van der Waals surface area contributed by atoms with Crippen molar-refractivity contribution in [3.8, 4) is 11.1 Å². The Morgan fingerprint density at radius 2 is 0.960 bits per heavy atom. The van der Waals surface area contributed by atoms with Crippen LogP contribution < -0.4 is 24.8 Å². The molecule has 7 aromatic rings. The van der Waals surface area contributed by atoms with Crippen LogP contribution in [0.3, 0.4) is 0 Å². The van der Waals surface area contributed by atoms with Gasteiger partial charge >= 0.3 is 98.9 Å². The zero-order chi connectivity index (χ0) is 34.5. The maximum atomic E-state index is 2.35. The van der Waals surface area contributed by atoms with Crippen molar-refractivity contribution < 1.29 is 48.7 Å². The van der Waals surface area contributed by atoms with Crippen LogP contribution >= 0.6 is 0 Å². The van der Waals surface area contributed by atoms with Crippen LogP contribution in [0.4, 0.5) is 0 Å². The summed E-state index contributed by atoms with van der Waals surface area (Å²) in [6.45, 7) is 18.0. The first-order valence-corrected chi connectivity index (χ1v) is 18.7. The molecule has 0 bridgehead atoms. The Morgan fingerprint density at radius 3 is 1.34 bits per heavy atom. The van der Waals surface area contributed by atoms with Gasteiger partial charge in [-0.15, -0.1) is 51.4 Å². The van der Waals surface area contributed by atoms with Crippen molar-refractivity contribution in [2.75, 3.05) is 0 Å². The molecule has 7 aromatic carbocycles. The quantitative estimate of drug-likeness (QED) is 0.136. The monoisotopic (exact) mass is 862 g/mol. The topological polar surface area (TPSA) is 0 Å². The second-order valence-corrected chi connectivity index (χ2v) is 16.6. The molecule has 0 radical (unpaired) electrons. The molecule has 3 heteroatoms. The fourth-order valence-corrected chi connectivity index (χ4v) is 7.34. The summed E-state index contributed by atoms with van der Waals surface area (Å²) >= 11 is 1.08. The molecule has 50 heavy (non-hydrogen) atoms. The first-order valence-electron chi connectivity index (χ1n) is 16.9. The Labute approximate surface area is 327 Å². The summed E-state index contributed by atoms with van der Waals surface area (Å²) in [5.41, 5.74) is 11.3. The van der Waals surface area contributed by atoms with Crippen LogP contribution in [0.2, 0.25) is 0 Å². The first-order chi connectivity index (χ1) is 22.8. The van der Waals surface area contributed by atoms with Gasteiger partial charge in [-0.05, 0) is 24.7 Å². The van der Waals surface area contributed by atoms with Crippen molar-refractivity contribution in [3.05, 3.63) is 179 Å². The predicted molar refractivity (Wildman–Crippen MR) is 207 cm³/mol. The van der Waals surface area contributed by atoms with E-state index in [4.69, 9.17) is 0 Å². The van der Waals surface area contributed by atoms with E-state index in [1.54, 1.807) is 0 Å². The van der Waals surface area contributed by atoms with Gasteiger partial charge in [-0.3, -0.25) is 0 Å². The van der Waals surface area contributed by atoms with E-state index in [1.807, 2.05) is 0 Å². The molecule has 0 unspecified atom stereocenters. The van der Waals surface area contributed by atoms with Crippen molar-refractivity contribution in [1.82, 2.24) is 0 Å². The van der Waals surface area contributed by atoms with E-state index in [1.165, 1.54) is 69.3 Å². The molecule has 0 N–H and O–H groups in total. The van der Waals surface area contributed by atoms with Gasteiger partial charge in [0.25, 0.3) is 0 Å². The Kier molecular flexibility index (Phi) is 14.6. The number of benzene rings is 5. The van der Waals surface area contributed by atoms with Crippen LogP contribution in [-0.2, 0) is 34.7 Å². The Balaban J connectivity index is 0.000000206. The molecule has 0 nitrogen and oxygen atoms in total. The second-order valence-electron chi connectivity index (χ2n) is 14.8. The van der Waals surface area contributed by atoms with E-state index in [9.17, 15) is 0 Å². The van der Waals surface area contributed by atoms with Crippen molar-refractivity contribution >= 4 is 24.8 Å². The second kappa shape index (κ2) is 17.7. The summed E-state index contributed by atoms with van der Waals surface area (Å²) in [6.07, 6.45) is 0. The first kappa shape index (κ1) is 41.1. The molecule has 0 fully saturated rings. The molecule has 0 aliphatic heterocycles. The van der Waals surface area contributed by atoms with Crippen LogP contribution in [0.5, 0.6) is 0 Å². The summed E-state index contributed by atoms with van der Waals surface area (Å²) in [5, 5.41) is 5.48. The number of hydrogen-bond donors (Lipinski definition) is 0. The van der Waals surface area contributed by atoms with Crippen LogP contribution in [-0.4, -0.2) is 3.26 Å². The van der Waals surface area contributed by atoms with Gasteiger partial charge in [-0.1, -0.05) is 112 Å². The molecule has 0 spiro atoms. The van der Waals surface area contributed by atoms with Crippen molar-refractivity contribution in [3.63, 3.8) is 0 Å². The van der Waals surface area contributed by atoms with Crippen LogP contribution in [0.15, 0.2) is 146 Å². The van der Waals surface area contributed by atoms with E-state index < -0.39 is 0 Å². The predicted octanol–water partition coefficient (Wildman–Crippen LogP) is 6.81. The zero-order valence-electron chi connectivity index (χ0n) is 30.6. The molecule has 0 saturated heterocycles. The van der Waals surface area contributed by atoms with Crippen molar-refractivity contribution in [2.24, 2.45) is 0 Å². The molecule has 0 saturated carbocycles. The SMILES string of the molecule is CC(C)(C)c1ccc2c(c1)[cH-]c1cc(C(C)(C)C)ccc12.Cc1cccc(C)c1-c1ccc[cH-]1.[Cl-].[Cl-].[Hf+2]=[C](c1ccccc1)c1ccccc1. The molecule has 0 heterocycles. The summed E-state index contributed by atoms with van der Waals surface area (Å²) in [5.74, 6) is 0. The molecule has 0 aliphatic rings. The molecular weight excluding hydrogens is 814 g/mol. The van der Waals surface area contributed by atoms with Gasteiger partial charge in [-0.25, -0.2) is 0 Å². The van der Waals surface area contributed by atoms with E-state index in [-0.39, 0.29) is 35.6 Å². The number of halogens is 2. The number of rotatable bonds is 3. The molecule has 0 amide bonds. The maximum absolute atomic E-state index is 2.35. The van der Waals surface area contributed by atoms with Crippen LogP contribution in [0, 0.1) is 13.8 Å². The average molecular weight is 862 g/mol. The molecule has 0 atom stereocenters. The molecule has 7 rings (SSSR count). The fourth-order valence-electron chi connectivity index (χ4n) is 6.14. The molecule has 0 aromatic heterocycles. The Bertz CT molecular complexity index is 1970. The summed E-state index contributed by atoms with van der Waals surface area (Å²) < 4.78 is 1.46. The Morgan fingerprint density at radius 1 is 0.520 bits per heavy atom. The van der Waals surface area contributed by atoms with E-state index in [0.29, 0.717) is 0 Å². The van der Waals surface area contributed by atoms with Gasteiger partial charge in [0.15, 0.2) is 0 Å². The fraction of sp³-hybridized carbons (Fsp3) is 0.213. The van der Waals surface area contributed by atoms with Gasteiger partial charge in [0, 0.05) is 0 Å². The van der Waals surface area contributed by atoms with E-state index in [0.717, 1.165) is 23.9 Å². The summed E-state index contributed by atoms with van der Waals surface area (Å²) in [6, 6.07) is 52.3. The van der Waals surface area contributed by atoms with Crippen molar-refractivity contribution in [1.29, 1.82) is 0 Å². The van der Waals surface area contributed by atoms with Crippen LogP contribution in [0.25, 0.3) is 32.7 Å².